The van der Waals surface area contributed by atoms with Crippen molar-refractivity contribution in [3.8, 4) is 6.07 Å². The van der Waals surface area contributed by atoms with Crippen LogP contribution < -0.4 is 0 Å². The fourth-order valence-electron chi connectivity index (χ4n) is 2.82. The summed E-state index contributed by atoms with van der Waals surface area (Å²) in [5.41, 5.74) is 4.11. The van der Waals surface area contributed by atoms with Crippen LogP contribution in [0, 0.1) is 11.3 Å². The molecule has 3 rings (SSSR count). The van der Waals surface area contributed by atoms with Crippen LogP contribution in [0.2, 0.25) is 0 Å². The third-order valence-electron chi connectivity index (χ3n) is 4.06. The predicted octanol–water partition coefficient (Wildman–Crippen LogP) is 4.30. The van der Waals surface area contributed by atoms with Crippen molar-refractivity contribution in [2.24, 2.45) is 0 Å². The van der Waals surface area contributed by atoms with Crippen LogP contribution in [-0.4, -0.2) is 30.8 Å². The molecule has 0 aliphatic carbocycles. The summed E-state index contributed by atoms with van der Waals surface area (Å²) in [7, 11) is 2.01. The minimum absolute atomic E-state index is 0.0883. The topological polar surface area (TPSA) is 44.1 Å². The number of nitrogens with zero attached hydrogens (tertiary/aromatic N) is 2. The number of benzene rings is 2. The van der Waals surface area contributed by atoms with Crippen molar-refractivity contribution in [2.75, 3.05) is 20.1 Å². The Morgan fingerprint density at radius 3 is 1.92 bits per heavy atom. The maximum Gasteiger partial charge on any atom is 0.187 e. The second-order valence-electron chi connectivity index (χ2n) is 6.13. The molecule has 1 aliphatic rings. The lowest BCUT2D eigenvalue weighted by Gasteiger charge is -2.26. The average Bonchev–Trinajstić information content (AvgIpc) is 2.61. The van der Waals surface area contributed by atoms with Gasteiger partial charge in [-0.05, 0) is 54.6 Å². The Morgan fingerprint density at radius 2 is 1.44 bits per heavy atom. The zero-order chi connectivity index (χ0) is 17.8. The van der Waals surface area contributed by atoms with Crippen molar-refractivity contribution in [3.05, 3.63) is 80.8 Å². The summed E-state index contributed by atoms with van der Waals surface area (Å²) in [5.74, 6) is 0.0883. The molecule has 2 aromatic carbocycles. The number of hydrogen-bond acceptors (Lipinski definition) is 3. The van der Waals surface area contributed by atoms with Gasteiger partial charge in [-0.1, -0.05) is 40.2 Å². The first-order valence-corrected chi connectivity index (χ1v) is 8.74. The van der Waals surface area contributed by atoms with Gasteiger partial charge in [0.2, 0.25) is 0 Å². The standard InChI is InChI=1S/C21H17BrN2O/c1-24-13-18(10-15-2-4-17(12-23)5-3-15)21(25)19(14-24)11-16-6-8-20(22)9-7-16/h2-11H,13-14H2,1H3/b18-10+,19-11+. The number of likely N-dealkylation sites (tertiary alicyclic amines) is 1. The molecule has 3 nitrogen and oxygen atoms in total. The van der Waals surface area contributed by atoms with Crippen molar-refractivity contribution >= 4 is 33.9 Å². The number of nitriles is 1. The Labute approximate surface area is 156 Å². The molecular formula is C21H17BrN2O. The minimum atomic E-state index is 0.0883. The molecule has 0 bridgehead atoms. The Balaban J connectivity index is 1.90. The Bertz CT molecular complexity index is 887. The van der Waals surface area contributed by atoms with Gasteiger partial charge in [-0.15, -0.1) is 0 Å². The normalized spacial score (nSPS) is 18.5. The van der Waals surface area contributed by atoms with Crippen molar-refractivity contribution in [1.29, 1.82) is 5.26 Å². The molecule has 1 saturated heterocycles. The maximum atomic E-state index is 12.8. The summed E-state index contributed by atoms with van der Waals surface area (Å²) in [6.45, 7) is 1.26. The predicted molar refractivity (Wildman–Crippen MR) is 104 cm³/mol. The van der Waals surface area contributed by atoms with E-state index < -0.39 is 0 Å². The molecule has 25 heavy (non-hydrogen) atoms. The molecule has 0 unspecified atom stereocenters. The van der Waals surface area contributed by atoms with Crippen LogP contribution in [0.25, 0.3) is 12.2 Å². The highest BCUT2D eigenvalue weighted by atomic mass is 79.9. The summed E-state index contributed by atoms with van der Waals surface area (Å²) in [4.78, 5) is 15.0. The molecule has 0 amide bonds. The molecule has 0 N–H and O–H groups in total. The van der Waals surface area contributed by atoms with Crippen LogP contribution in [0.3, 0.4) is 0 Å². The number of piperidine rings is 1. The number of ketones is 1. The molecule has 0 radical (unpaired) electrons. The molecule has 0 aromatic heterocycles. The Morgan fingerprint density at radius 1 is 0.960 bits per heavy atom. The van der Waals surface area contributed by atoms with E-state index in [0.717, 1.165) is 26.7 Å². The lowest BCUT2D eigenvalue weighted by Crippen LogP contribution is -2.34. The van der Waals surface area contributed by atoms with Crippen LogP contribution in [0.4, 0.5) is 0 Å². The highest BCUT2D eigenvalue weighted by molar-refractivity contribution is 9.10. The lowest BCUT2D eigenvalue weighted by molar-refractivity contribution is -0.113. The van der Waals surface area contributed by atoms with E-state index in [1.54, 1.807) is 12.1 Å². The smallest absolute Gasteiger partial charge is 0.187 e. The van der Waals surface area contributed by atoms with Crippen molar-refractivity contribution in [2.45, 2.75) is 0 Å². The molecule has 0 spiro atoms. The van der Waals surface area contributed by atoms with E-state index >= 15 is 0 Å². The SMILES string of the molecule is CN1C/C(=C\c2ccc(Br)cc2)C(=O)/C(=C/c2ccc(C#N)cc2)C1. The molecule has 124 valence electrons. The highest BCUT2D eigenvalue weighted by Gasteiger charge is 2.23. The first-order valence-electron chi connectivity index (χ1n) is 7.95. The van der Waals surface area contributed by atoms with Gasteiger partial charge in [0.05, 0.1) is 11.6 Å². The second-order valence-corrected chi connectivity index (χ2v) is 7.04. The highest BCUT2D eigenvalue weighted by Crippen LogP contribution is 2.22. The molecule has 1 heterocycles. The van der Waals surface area contributed by atoms with E-state index in [2.05, 4.69) is 26.9 Å². The number of hydrogen-bond donors (Lipinski definition) is 0. The largest absolute Gasteiger partial charge is 0.298 e. The van der Waals surface area contributed by atoms with Gasteiger partial charge in [0.25, 0.3) is 0 Å². The van der Waals surface area contributed by atoms with Gasteiger partial charge >= 0.3 is 0 Å². The van der Waals surface area contributed by atoms with E-state index in [0.29, 0.717) is 18.7 Å². The zero-order valence-electron chi connectivity index (χ0n) is 13.9. The van der Waals surface area contributed by atoms with Crippen molar-refractivity contribution in [1.82, 2.24) is 4.90 Å². The number of Topliss-reactive ketones (excluding diaryl/α,β-unsaturated/α-hetero) is 1. The fraction of sp³-hybridized carbons (Fsp3) is 0.143. The summed E-state index contributed by atoms with van der Waals surface area (Å²) < 4.78 is 1.02. The third kappa shape index (κ3) is 4.33. The molecule has 4 heteroatoms. The van der Waals surface area contributed by atoms with E-state index in [-0.39, 0.29) is 5.78 Å². The van der Waals surface area contributed by atoms with Gasteiger partial charge in [0.1, 0.15) is 0 Å². The average molecular weight is 393 g/mol. The van der Waals surface area contributed by atoms with Crippen LogP contribution >= 0.6 is 15.9 Å². The molecule has 2 aromatic rings. The summed E-state index contributed by atoms with van der Waals surface area (Å²) in [6.07, 6.45) is 3.87. The van der Waals surface area contributed by atoms with Gasteiger partial charge in [-0.3, -0.25) is 9.69 Å². The molecule has 1 fully saturated rings. The summed E-state index contributed by atoms with van der Waals surface area (Å²) in [5, 5.41) is 8.88. The first-order chi connectivity index (χ1) is 12.0. The van der Waals surface area contributed by atoms with Gasteiger partial charge in [0.15, 0.2) is 5.78 Å². The second kappa shape index (κ2) is 7.60. The monoisotopic (exact) mass is 392 g/mol. The van der Waals surface area contributed by atoms with Gasteiger partial charge < -0.3 is 0 Å². The van der Waals surface area contributed by atoms with E-state index in [1.807, 2.05) is 55.6 Å². The van der Waals surface area contributed by atoms with Crippen LogP contribution in [0.5, 0.6) is 0 Å². The van der Waals surface area contributed by atoms with Gasteiger partial charge in [-0.25, -0.2) is 0 Å². The number of rotatable bonds is 2. The van der Waals surface area contributed by atoms with Gasteiger partial charge in [-0.2, -0.15) is 5.26 Å². The maximum absolute atomic E-state index is 12.8. The van der Waals surface area contributed by atoms with Crippen LogP contribution in [-0.2, 0) is 4.79 Å². The number of likely N-dealkylation sites (N-methyl/N-ethyl adjacent to an activating group) is 1. The Kier molecular flexibility index (Phi) is 5.28. The van der Waals surface area contributed by atoms with Gasteiger partial charge in [0, 0.05) is 28.7 Å². The third-order valence-corrected chi connectivity index (χ3v) is 4.58. The van der Waals surface area contributed by atoms with Crippen LogP contribution in [0.15, 0.2) is 64.1 Å². The lowest BCUT2D eigenvalue weighted by atomic mass is 9.94. The first kappa shape index (κ1) is 17.3. The van der Waals surface area contributed by atoms with Crippen LogP contribution in [0.1, 0.15) is 16.7 Å². The molecule has 0 saturated carbocycles. The quantitative estimate of drug-likeness (QED) is 0.715. The van der Waals surface area contributed by atoms with E-state index in [9.17, 15) is 4.79 Å². The molecule has 0 atom stereocenters. The number of carbonyl (C=O) groups excluding carboxylic acids is 1. The summed E-state index contributed by atoms with van der Waals surface area (Å²) in [6, 6.07) is 17.3. The Hall–Kier alpha value is -2.48. The summed E-state index contributed by atoms with van der Waals surface area (Å²) >= 11 is 3.42. The zero-order valence-corrected chi connectivity index (χ0v) is 15.5. The number of halogens is 1. The fourth-order valence-corrected chi connectivity index (χ4v) is 3.09. The van der Waals surface area contributed by atoms with Crippen molar-refractivity contribution < 1.29 is 4.79 Å². The minimum Gasteiger partial charge on any atom is -0.298 e. The number of carbonyl (C=O) groups is 1. The van der Waals surface area contributed by atoms with E-state index in [4.69, 9.17) is 5.26 Å². The molecule has 1 aliphatic heterocycles. The van der Waals surface area contributed by atoms with Crippen molar-refractivity contribution in [3.63, 3.8) is 0 Å². The molecular weight excluding hydrogens is 376 g/mol. The van der Waals surface area contributed by atoms with E-state index in [1.165, 1.54) is 0 Å².